The van der Waals surface area contributed by atoms with Gasteiger partial charge >= 0.3 is 0 Å². The first-order valence-corrected chi connectivity index (χ1v) is 6.62. The van der Waals surface area contributed by atoms with E-state index in [1.165, 1.54) is 0 Å². The van der Waals surface area contributed by atoms with E-state index in [1.54, 1.807) is 23.0 Å². The second-order valence-electron chi connectivity index (χ2n) is 4.48. The van der Waals surface area contributed by atoms with Crippen molar-refractivity contribution < 1.29 is 4.79 Å². The topological polar surface area (TPSA) is 85.8 Å². The van der Waals surface area contributed by atoms with Crippen LogP contribution >= 0.6 is 0 Å². The second-order valence-corrected chi connectivity index (χ2v) is 4.48. The molecule has 0 fully saturated rings. The van der Waals surface area contributed by atoms with Gasteiger partial charge in [-0.15, -0.1) is 18.9 Å². The summed E-state index contributed by atoms with van der Waals surface area (Å²) < 4.78 is 1.67. The standard InChI is InChI=1S/C15H17N5O/c1-3-5-6-10-20-14-12(11(16)7-9-17-14)13(19-20)15(21)18-8-4-2/h1,4,7,9H,2,5-6,8,10H2,(H2,16,17)(H,18,21). The third kappa shape index (κ3) is 3.03. The highest BCUT2D eigenvalue weighted by Crippen LogP contribution is 2.23. The predicted molar refractivity (Wildman–Crippen MR) is 82.5 cm³/mol. The van der Waals surface area contributed by atoms with E-state index in [1.807, 2.05) is 0 Å². The lowest BCUT2D eigenvalue weighted by molar-refractivity contribution is 0.0953. The number of pyridine rings is 1. The van der Waals surface area contributed by atoms with Crippen molar-refractivity contribution in [3.05, 3.63) is 30.6 Å². The van der Waals surface area contributed by atoms with Gasteiger partial charge in [0.1, 0.15) is 0 Å². The van der Waals surface area contributed by atoms with Crippen LogP contribution in [0.15, 0.2) is 24.9 Å². The number of fused-ring (bicyclic) bond motifs is 1. The van der Waals surface area contributed by atoms with E-state index in [2.05, 4.69) is 27.9 Å². The average molecular weight is 283 g/mol. The van der Waals surface area contributed by atoms with Crippen LogP contribution in [0.3, 0.4) is 0 Å². The molecule has 0 aliphatic heterocycles. The monoisotopic (exact) mass is 283 g/mol. The molecule has 0 aliphatic carbocycles. The van der Waals surface area contributed by atoms with Crippen LogP contribution in [0.2, 0.25) is 0 Å². The lowest BCUT2D eigenvalue weighted by Gasteiger charge is -2.00. The Balaban J connectivity index is 2.42. The molecule has 0 saturated heterocycles. The van der Waals surface area contributed by atoms with E-state index in [4.69, 9.17) is 12.2 Å². The highest BCUT2D eigenvalue weighted by Gasteiger charge is 2.19. The first kappa shape index (κ1) is 14.6. The minimum Gasteiger partial charge on any atom is -0.398 e. The van der Waals surface area contributed by atoms with E-state index in [0.29, 0.717) is 36.2 Å². The zero-order valence-corrected chi connectivity index (χ0v) is 11.7. The summed E-state index contributed by atoms with van der Waals surface area (Å²) >= 11 is 0. The lowest BCUT2D eigenvalue weighted by atomic mass is 10.2. The number of nitrogens with zero attached hydrogens (tertiary/aromatic N) is 3. The number of nitrogens with one attached hydrogen (secondary N) is 1. The Morgan fingerprint density at radius 2 is 2.43 bits per heavy atom. The quantitative estimate of drug-likeness (QED) is 0.476. The molecule has 0 bridgehead atoms. The molecule has 0 unspecified atom stereocenters. The molecule has 2 rings (SSSR count). The SMILES string of the molecule is C#CCCCn1nc(C(=O)NCC=C)c2c(N)ccnc21. The number of carbonyl (C=O) groups is 1. The van der Waals surface area contributed by atoms with Crippen LogP contribution in [-0.2, 0) is 6.54 Å². The molecule has 0 aliphatic rings. The van der Waals surface area contributed by atoms with Gasteiger partial charge < -0.3 is 11.1 Å². The number of nitrogens with two attached hydrogens (primary N) is 1. The summed E-state index contributed by atoms with van der Waals surface area (Å²) in [5.74, 6) is 2.28. The molecule has 0 saturated carbocycles. The Hall–Kier alpha value is -2.81. The van der Waals surface area contributed by atoms with Crippen molar-refractivity contribution in [3.63, 3.8) is 0 Å². The summed E-state index contributed by atoms with van der Waals surface area (Å²) in [6.45, 7) is 4.52. The van der Waals surface area contributed by atoms with E-state index in [0.717, 1.165) is 6.42 Å². The Morgan fingerprint density at radius 1 is 1.62 bits per heavy atom. The van der Waals surface area contributed by atoms with Gasteiger partial charge in [0.05, 0.1) is 5.39 Å². The van der Waals surface area contributed by atoms with Crippen LogP contribution in [0.4, 0.5) is 5.69 Å². The van der Waals surface area contributed by atoms with Crippen LogP contribution in [0.1, 0.15) is 23.3 Å². The molecule has 21 heavy (non-hydrogen) atoms. The van der Waals surface area contributed by atoms with Crippen LogP contribution in [-0.4, -0.2) is 27.2 Å². The Kier molecular flexibility index (Phi) is 4.57. The molecular formula is C15H17N5O. The molecule has 0 radical (unpaired) electrons. The maximum Gasteiger partial charge on any atom is 0.272 e. The molecule has 3 N–H and O–H groups in total. The minimum atomic E-state index is -0.296. The largest absolute Gasteiger partial charge is 0.398 e. The summed E-state index contributed by atoms with van der Waals surface area (Å²) in [6.07, 6.45) is 9.85. The maximum atomic E-state index is 12.2. The van der Waals surface area contributed by atoms with Gasteiger partial charge in [0.25, 0.3) is 5.91 Å². The molecule has 0 spiro atoms. The number of terminal acetylenes is 1. The predicted octanol–water partition coefficient (Wildman–Crippen LogP) is 1.34. The lowest BCUT2D eigenvalue weighted by Crippen LogP contribution is -2.24. The van der Waals surface area contributed by atoms with Crippen molar-refractivity contribution in [2.45, 2.75) is 19.4 Å². The zero-order valence-electron chi connectivity index (χ0n) is 11.7. The number of carbonyl (C=O) groups excluding carboxylic acids is 1. The number of amides is 1. The fourth-order valence-electron chi connectivity index (χ4n) is 2.02. The highest BCUT2D eigenvalue weighted by molar-refractivity contribution is 6.08. The molecule has 2 heterocycles. The van der Waals surface area contributed by atoms with Crippen LogP contribution in [0.25, 0.3) is 11.0 Å². The van der Waals surface area contributed by atoms with Gasteiger partial charge in [0.2, 0.25) is 0 Å². The summed E-state index contributed by atoms with van der Waals surface area (Å²) in [7, 11) is 0. The van der Waals surface area contributed by atoms with Gasteiger partial charge in [-0.2, -0.15) is 5.10 Å². The summed E-state index contributed by atoms with van der Waals surface area (Å²) in [4.78, 5) is 16.4. The Bertz CT molecular complexity index is 711. The molecule has 0 aromatic carbocycles. The molecule has 6 nitrogen and oxygen atoms in total. The van der Waals surface area contributed by atoms with Crippen LogP contribution in [0, 0.1) is 12.3 Å². The Labute approximate surface area is 123 Å². The number of hydrogen-bond acceptors (Lipinski definition) is 4. The van der Waals surface area contributed by atoms with Crippen molar-refractivity contribution >= 4 is 22.6 Å². The van der Waals surface area contributed by atoms with Crippen molar-refractivity contribution in [3.8, 4) is 12.3 Å². The van der Waals surface area contributed by atoms with Crippen molar-refractivity contribution in [1.29, 1.82) is 0 Å². The van der Waals surface area contributed by atoms with Gasteiger partial charge in [-0.25, -0.2) is 9.67 Å². The van der Waals surface area contributed by atoms with Gasteiger partial charge in [0, 0.05) is 31.4 Å². The van der Waals surface area contributed by atoms with Crippen molar-refractivity contribution in [2.24, 2.45) is 0 Å². The number of rotatable bonds is 6. The second kappa shape index (κ2) is 6.57. The molecule has 108 valence electrons. The highest BCUT2D eigenvalue weighted by atomic mass is 16.1. The number of nitrogen functional groups attached to an aromatic ring is 1. The smallest absolute Gasteiger partial charge is 0.272 e. The average Bonchev–Trinajstić information content (AvgIpc) is 2.86. The van der Waals surface area contributed by atoms with Crippen molar-refractivity contribution in [2.75, 3.05) is 12.3 Å². The summed E-state index contributed by atoms with van der Waals surface area (Å²) in [5.41, 5.74) is 7.31. The van der Waals surface area contributed by atoms with Gasteiger partial charge in [-0.05, 0) is 12.5 Å². The Morgan fingerprint density at radius 3 is 3.14 bits per heavy atom. The van der Waals surface area contributed by atoms with Crippen molar-refractivity contribution in [1.82, 2.24) is 20.1 Å². The fraction of sp³-hybridized carbons (Fsp3) is 0.267. The maximum absolute atomic E-state index is 12.2. The first-order chi connectivity index (χ1) is 10.2. The number of aromatic nitrogens is 3. The number of unbranched alkanes of at least 4 members (excludes halogenated alkanes) is 1. The van der Waals surface area contributed by atoms with E-state index in [-0.39, 0.29) is 11.6 Å². The number of anilines is 1. The normalized spacial score (nSPS) is 10.2. The molecule has 1 amide bonds. The first-order valence-electron chi connectivity index (χ1n) is 6.62. The van der Waals surface area contributed by atoms with E-state index >= 15 is 0 Å². The van der Waals surface area contributed by atoms with Gasteiger partial charge in [0.15, 0.2) is 11.3 Å². The molecule has 0 atom stereocenters. The van der Waals surface area contributed by atoms with Gasteiger partial charge in [-0.3, -0.25) is 4.79 Å². The molecule has 6 heteroatoms. The minimum absolute atomic E-state index is 0.276. The zero-order chi connectivity index (χ0) is 15.2. The van der Waals surface area contributed by atoms with Crippen LogP contribution < -0.4 is 11.1 Å². The molecule has 2 aromatic rings. The van der Waals surface area contributed by atoms with E-state index in [9.17, 15) is 4.79 Å². The third-order valence-corrected chi connectivity index (χ3v) is 2.98. The van der Waals surface area contributed by atoms with Crippen LogP contribution in [0.5, 0.6) is 0 Å². The molecular weight excluding hydrogens is 266 g/mol. The number of hydrogen-bond donors (Lipinski definition) is 2. The van der Waals surface area contributed by atoms with Gasteiger partial charge in [-0.1, -0.05) is 6.08 Å². The van der Waals surface area contributed by atoms with E-state index < -0.39 is 0 Å². The summed E-state index contributed by atoms with van der Waals surface area (Å²) in [6, 6.07) is 1.65. The third-order valence-electron chi connectivity index (χ3n) is 2.98. The number of aryl methyl sites for hydroxylation is 1. The molecule has 2 aromatic heterocycles. The fourth-order valence-corrected chi connectivity index (χ4v) is 2.02. The summed E-state index contributed by atoms with van der Waals surface area (Å²) in [5, 5.41) is 7.60.